The van der Waals surface area contributed by atoms with Crippen LogP contribution in [0.25, 0.3) is 0 Å². The molecule has 5 heteroatoms. The van der Waals surface area contributed by atoms with Crippen LogP contribution in [0.3, 0.4) is 0 Å². The summed E-state index contributed by atoms with van der Waals surface area (Å²) in [6.45, 7) is 4.76. The second kappa shape index (κ2) is 3.57. The summed E-state index contributed by atoms with van der Waals surface area (Å²) >= 11 is 0. The standard InChI is InChI=1S/C12H16N2O3/c1-3-12-7-16-11-13-9(15)4-5-14(11)10(17-12)6-8(12)2/h4-5,8,10H,3,6-7H2,1-2H3/t8-,10+,12+/m0/s1. The minimum atomic E-state index is -0.271. The van der Waals surface area contributed by atoms with Crippen molar-refractivity contribution in [3.63, 3.8) is 0 Å². The number of hydrogen-bond donors (Lipinski definition) is 0. The van der Waals surface area contributed by atoms with Crippen LogP contribution >= 0.6 is 0 Å². The van der Waals surface area contributed by atoms with Crippen LogP contribution in [0.5, 0.6) is 6.01 Å². The molecular weight excluding hydrogens is 220 g/mol. The van der Waals surface area contributed by atoms with Crippen molar-refractivity contribution in [2.45, 2.75) is 38.5 Å². The average molecular weight is 236 g/mol. The largest absolute Gasteiger partial charge is 0.461 e. The third-order valence-corrected chi connectivity index (χ3v) is 3.98. The second-order valence-electron chi connectivity index (χ2n) is 4.87. The zero-order valence-electron chi connectivity index (χ0n) is 10.0. The predicted octanol–water partition coefficient (Wildman–Crippen LogP) is 1.34. The highest BCUT2D eigenvalue weighted by Gasteiger charge is 2.48. The van der Waals surface area contributed by atoms with Crippen molar-refractivity contribution < 1.29 is 9.47 Å². The SMILES string of the molecule is CC[C@@]12COc3nc(=O)ccn3[C@@H](C[C@@H]1C)O2. The fourth-order valence-corrected chi connectivity index (χ4v) is 2.74. The van der Waals surface area contributed by atoms with Crippen LogP contribution in [0.15, 0.2) is 17.1 Å². The van der Waals surface area contributed by atoms with Crippen molar-refractivity contribution in [1.82, 2.24) is 9.55 Å². The van der Waals surface area contributed by atoms with E-state index in [1.165, 1.54) is 6.07 Å². The molecule has 1 aromatic rings. The van der Waals surface area contributed by atoms with E-state index in [2.05, 4.69) is 18.8 Å². The summed E-state index contributed by atoms with van der Waals surface area (Å²) < 4.78 is 13.6. The molecule has 0 unspecified atom stereocenters. The average Bonchev–Trinajstić information content (AvgIpc) is 2.55. The van der Waals surface area contributed by atoms with Gasteiger partial charge in [0.05, 0.1) is 0 Å². The molecule has 17 heavy (non-hydrogen) atoms. The van der Waals surface area contributed by atoms with Gasteiger partial charge in [-0.25, -0.2) is 0 Å². The first-order chi connectivity index (χ1) is 8.14. The lowest BCUT2D eigenvalue weighted by Crippen LogP contribution is -2.39. The molecule has 0 radical (unpaired) electrons. The van der Waals surface area contributed by atoms with Gasteiger partial charge in [-0.05, 0) is 18.8 Å². The Balaban J connectivity index is 2.06. The molecule has 3 rings (SSSR count). The maximum atomic E-state index is 11.2. The fraction of sp³-hybridized carbons (Fsp3) is 0.667. The Bertz CT molecular complexity index is 499. The summed E-state index contributed by atoms with van der Waals surface area (Å²) in [5.74, 6) is 0.449. The Hall–Kier alpha value is -1.36. The Morgan fingerprint density at radius 2 is 2.47 bits per heavy atom. The maximum Gasteiger partial charge on any atom is 0.301 e. The van der Waals surface area contributed by atoms with Crippen LogP contribution in [0, 0.1) is 5.92 Å². The minimum absolute atomic E-state index is 0.0597. The van der Waals surface area contributed by atoms with Crippen molar-refractivity contribution in [2.75, 3.05) is 6.61 Å². The summed E-state index contributed by atoms with van der Waals surface area (Å²) in [4.78, 5) is 15.1. The van der Waals surface area contributed by atoms with Gasteiger partial charge in [0.1, 0.15) is 18.4 Å². The lowest BCUT2D eigenvalue weighted by molar-refractivity contribution is -0.0893. The van der Waals surface area contributed by atoms with Gasteiger partial charge in [-0.3, -0.25) is 9.36 Å². The summed E-state index contributed by atoms with van der Waals surface area (Å²) in [6.07, 6.45) is 3.49. The molecule has 1 saturated heterocycles. The first kappa shape index (κ1) is 10.8. The van der Waals surface area contributed by atoms with Crippen LogP contribution in [0.4, 0.5) is 0 Å². The highest BCUT2D eigenvalue weighted by atomic mass is 16.6. The molecule has 0 spiro atoms. The molecule has 1 fully saturated rings. The Kier molecular flexibility index (Phi) is 2.26. The lowest BCUT2D eigenvalue weighted by atomic mass is 9.87. The Morgan fingerprint density at radius 1 is 1.65 bits per heavy atom. The first-order valence-electron chi connectivity index (χ1n) is 6.04. The number of ether oxygens (including phenoxy) is 2. The van der Waals surface area contributed by atoms with Gasteiger partial charge in [0.15, 0.2) is 0 Å². The van der Waals surface area contributed by atoms with E-state index >= 15 is 0 Å². The van der Waals surface area contributed by atoms with Gasteiger partial charge in [0.2, 0.25) is 0 Å². The molecule has 2 aliphatic rings. The van der Waals surface area contributed by atoms with Crippen molar-refractivity contribution in [3.8, 4) is 6.01 Å². The van der Waals surface area contributed by atoms with Crippen molar-refractivity contribution >= 4 is 0 Å². The van der Waals surface area contributed by atoms with Crippen molar-refractivity contribution in [1.29, 1.82) is 0 Å². The van der Waals surface area contributed by atoms with E-state index in [1.807, 2.05) is 4.57 Å². The van der Waals surface area contributed by atoms with Gasteiger partial charge in [-0.2, -0.15) is 4.98 Å². The molecule has 0 aliphatic carbocycles. The van der Waals surface area contributed by atoms with Crippen LogP contribution in [-0.4, -0.2) is 21.8 Å². The number of rotatable bonds is 1. The zero-order valence-corrected chi connectivity index (χ0v) is 10.0. The Labute approximate surface area is 99.4 Å². The highest BCUT2D eigenvalue weighted by molar-refractivity contribution is 5.07. The molecule has 5 nitrogen and oxygen atoms in total. The molecule has 3 heterocycles. The van der Waals surface area contributed by atoms with E-state index in [1.54, 1.807) is 6.20 Å². The first-order valence-corrected chi connectivity index (χ1v) is 6.04. The number of aromatic nitrogens is 2. The smallest absolute Gasteiger partial charge is 0.301 e. The maximum absolute atomic E-state index is 11.2. The summed E-state index contributed by atoms with van der Waals surface area (Å²) in [5, 5.41) is 0. The second-order valence-corrected chi connectivity index (χ2v) is 4.87. The van der Waals surface area contributed by atoms with E-state index in [0.717, 1.165) is 12.8 Å². The predicted molar refractivity (Wildman–Crippen MR) is 60.9 cm³/mol. The zero-order chi connectivity index (χ0) is 12.0. The van der Waals surface area contributed by atoms with Crippen LogP contribution in [-0.2, 0) is 4.74 Å². The number of fused-ring (bicyclic) bond motifs is 4. The van der Waals surface area contributed by atoms with Gasteiger partial charge in [0.25, 0.3) is 5.56 Å². The molecule has 0 saturated carbocycles. The molecule has 3 atom stereocenters. The van der Waals surface area contributed by atoms with Gasteiger partial charge in [0, 0.05) is 12.3 Å². The quantitative estimate of drug-likeness (QED) is 0.738. The monoisotopic (exact) mass is 236 g/mol. The van der Waals surface area contributed by atoms with Crippen molar-refractivity contribution in [2.24, 2.45) is 5.92 Å². The molecule has 1 aromatic heterocycles. The van der Waals surface area contributed by atoms with Gasteiger partial charge in [-0.1, -0.05) is 13.8 Å². The Morgan fingerprint density at radius 3 is 3.24 bits per heavy atom. The van der Waals surface area contributed by atoms with E-state index < -0.39 is 0 Å². The van der Waals surface area contributed by atoms with E-state index in [9.17, 15) is 4.79 Å². The molecule has 0 amide bonds. The fourth-order valence-electron chi connectivity index (χ4n) is 2.74. The van der Waals surface area contributed by atoms with Gasteiger partial charge >= 0.3 is 6.01 Å². The van der Waals surface area contributed by atoms with E-state index in [-0.39, 0.29) is 17.4 Å². The third kappa shape index (κ3) is 1.49. The summed E-state index contributed by atoms with van der Waals surface area (Å²) in [5.41, 5.74) is -0.505. The van der Waals surface area contributed by atoms with Crippen LogP contribution < -0.4 is 10.3 Å². The molecule has 0 aromatic carbocycles. The van der Waals surface area contributed by atoms with E-state index in [0.29, 0.717) is 18.5 Å². The molecule has 0 N–H and O–H groups in total. The highest BCUT2D eigenvalue weighted by Crippen LogP contribution is 2.46. The minimum Gasteiger partial charge on any atom is -0.461 e. The van der Waals surface area contributed by atoms with Gasteiger partial charge in [-0.15, -0.1) is 0 Å². The van der Waals surface area contributed by atoms with Crippen molar-refractivity contribution in [3.05, 3.63) is 22.6 Å². The molecule has 92 valence electrons. The number of hydrogen-bond acceptors (Lipinski definition) is 4. The van der Waals surface area contributed by atoms with Crippen LogP contribution in [0.1, 0.15) is 32.9 Å². The molecule has 2 bridgehead atoms. The number of nitrogens with zero attached hydrogens (tertiary/aromatic N) is 2. The summed E-state index contributed by atoms with van der Waals surface area (Å²) in [6, 6.07) is 1.82. The third-order valence-electron chi connectivity index (χ3n) is 3.98. The van der Waals surface area contributed by atoms with Gasteiger partial charge < -0.3 is 9.47 Å². The molecule has 2 aliphatic heterocycles. The van der Waals surface area contributed by atoms with Crippen LogP contribution in [0.2, 0.25) is 0 Å². The lowest BCUT2D eigenvalue weighted by Gasteiger charge is -2.29. The topological polar surface area (TPSA) is 53.3 Å². The van der Waals surface area contributed by atoms with E-state index in [4.69, 9.17) is 9.47 Å². The summed E-state index contributed by atoms with van der Waals surface area (Å²) in [7, 11) is 0. The molecular formula is C12H16N2O3. The normalized spacial score (nSPS) is 34.9.